The van der Waals surface area contributed by atoms with Gasteiger partial charge in [0.1, 0.15) is 5.82 Å². The van der Waals surface area contributed by atoms with E-state index < -0.39 is 0 Å². The fourth-order valence-corrected chi connectivity index (χ4v) is 2.47. The van der Waals surface area contributed by atoms with Crippen LogP contribution in [-0.4, -0.2) is 17.0 Å². The zero-order valence-corrected chi connectivity index (χ0v) is 11.0. The van der Waals surface area contributed by atoms with Gasteiger partial charge in [-0.15, -0.1) is 0 Å². The van der Waals surface area contributed by atoms with Crippen molar-refractivity contribution in [2.75, 3.05) is 7.05 Å². The average molecular weight is 267 g/mol. The van der Waals surface area contributed by atoms with Gasteiger partial charge in [0.05, 0.1) is 17.8 Å². The first-order chi connectivity index (χ1) is 9.81. The number of para-hydroxylation sites is 1. The van der Waals surface area contributed by atoms with Crippen molar-refractivity contribution >= 4 is 10.9 Å². The van der Waals surface area contributed by atoms with Gasteiger partial charge in [0, 0.05) is 23.3 Å². The highest BCUT2D eigenvalue weighted by Crippen LogP contribution is 2.28. The van der Waals surface area contributed by atoms with Crippen LogP contribution in [-0.2, 0) is 0 Å². The van der Waals surface area contributed by atoms with Crippen LogP contribution >= 0.6 is 0 Å². The maximum Gasteiger partial charge on any atom is 0.146 e. The quantitative estimate of drug-likeness (QED) is 0.792. The van der Waals surface area contributed by atoms with Crippen LogP contribution in [0.2, 0.25) is 0 Å². The summed E-state index contributed by atoms with van der Waals surface area (Å²) in [5.41, 5.74) is 2.49. The van der Waals surface area contributed by atoms with Gasteiger partial charge < -0.3 is 5.32 Å². The fourth-order valence-electron chi connectivity index (χ4n) is 2.47. The smallest absolute Gasteiger partial charge is 0.146 e. The Labute approximate surface area is 116 Å². The van der Waals surface area contributed by atoms with E-state index in [9.17, 15) is 4.39 Å². The van der Waals surface area contributed by atoms with Crippen LogP contribution in [0.5, 0.6) is 0 Å². The van der Waals surface area contributed by atoms with E-state index in [0.29, 0.717) is 5.56 Å². The van der Waals surface area contributed by atoms with E-state index >= 15 is 0 Å². The number of aromatic nitrogens is 2. The third-order valence-electron chi connectivity index (χ3n) is 3.40. The molecule has 4 heteroatoms. The number of benzene rings is 1. The molecule has 0 radical (unpaired) electrons. The summed E-state index contributed by atoms with van der Waals surface area (Å²) in [6.45, 7) is 0. The molecule has 1 N–H and O–H groups in total. The highest BCUT2D eigenvalue weighted by Gasteiger charge is 2.18. The maximum atomic E-state index is 14.0. The van der Waals surface area contributed by atoms with Crippen molar-refractivity contribution in [2.45, 2.75) is 6.04 Å². The van der Waals surface area contributed by atoms with Crippen LogP contribution in [0, 0.1) is 5.82 Å². The summed E-state index contributed by atoms with van der Waals surface area (Å²) in [7, 11) is 1.82. The zero-order chi connectivity index (χ0) is 13.9. The van der Waals surface area contributed by atoms with Crippen LogP contribution in [0.4, 0.5) is 4.39 Å². The molecule has 20 heavy (non-hydrogen) atoms. The lowest BCUT2D eigenvalue weighted by Gasteiger charge is -2.19. The molecule has 0 aliphatic carbocycles. The molecule has 3 nitrogen and oxygen atoms in total. The number of halogens is 1. The molecule has 0 bridgehead atoms. The van der Waals surface area contributed by atoms with Gasteiger partial charge >= 0.3 is 0 Å². The maximum absolute atomic E-state index is 14.0. The van der Waals surface area contributed by atoms with Gasteiger partial charge in [-0.1, -0.05) is 18.2 Å². The highest BCUT2D eigenvalue weighted by atomic mass is 19.1. The van der Waals surface area contributed by atoms with Crippen molar-refractivity contribution < 1.29 is 4.39 Å². The summed E-state index contributed by atoms with van der Waals surface area (Å²) in [6, 6.07) is 11.2. The molecule has 2 heterocycles. The van der Waals surface area contributed by atoms with Crippen molar-refractivity contribution in [2.24, 2.45) is 0 Å². The Bertz CT molecular complexity index is 737. The van der Waals surface area contributed by atoms with E-state index in [1.165, 1.54) is 6.20 Å². The minimum absolute atomic E-state index is 0.231. The van der Waals surface area contributed by atoms with Crippen molar-refractivity contribution in [1.82, 2.24) is 15.3 Å². The standard InChI is InChI=1S/C16H14FN3/c1-18-16(13-6-8-19-10-14(13)17)12-7-9-20-15-5-3-2-4-11(12)15/h2-10,16,18H,1H3. The number of fused-ring (bicyclic) bond motifs is 1. The van der Waals surface area contributed by atoms with Crippen molar-refractivity contribution in [3.8, 4) is 0 Å². The normalized spacial score (nSPS) is 12.5. The lowest BCUT2D eigenvalue weighted by atomic mass is 9.96. The SMILES string of the molecule is CNC(c1ccncc1F)c1ccnc2ccccc12. The lowest BCUT2D eigenvalue weighted by Crippen LogP contribution is -2.19. The molecule has 1 unspecified atom stereocenters. The summed E-state index contributed by atoms with van der Waals surface area (Å²) >= 11 is 0. The van der Waals surface area contributed by atoms with Gasteiger partial charge in [0.15, 0.2) is 0 Å². The number of hydrogen-bond donors (Lipinski definition) is 1. The van der Waals surface area contributed by atoms with Crippen molar-refractivity contribution in [3.05, 3.63) is 71.9 Å². The van der Waals surface area contributed by atoms with Gasteiger partial charge in [0.25, 0.3) is 0 Å². The molecule has 0 saturated heterocycles. The minimum Gasteiger partial charge on any atom is -0.309 e. The Morgan fingerprint density at radius 3 is 2.65 bits per heavy atom. The van der Waals surface area contributed by atoms with Gasteiger partial charge in [-0.3, -0.25) is 9.97 Å². The summed E-state index contributed by atoms with van der Waals surface area (Å²) in [5.74, 6) is -0.312. The molecule has 3 aromatic rings. The molecule has 3 rings (SSSR count). The molecular weight excluding hydrogens is 253 g/mol. The summed E-state index contributed by atoms with van der Waals surface area (Å²) in [5, 5.41) is 4.19. The van der Waals surface area contributed by atoms with E-state index in [0.717, 1.165) is 16.5 Å². The molecule has 0 saturated carbocycles. The third kappa shape index (κ3) is 2.14. The molecule has 0 fully saturated rings. The molecule has 0 amide bonds. The highest BCUT2D eigenvalue weighted by molar-refractivity contribution is 5.82. The molecular formula is C16H14FN3. The molecule has 0 aliphatic heterocycles. The number of rotatable bonds is 3. The van der Waals surface area contributed by atoms with Gasteiger partial charge in [-0.2, -0.15) is 0 Å². The molecule has 100 valence electrons. The monoisotopic (exact) mass is 267 g/mol. The number of nitrogens with one attached hydrogen (secondary N) is 1. The molecule has 0 spiro atoms. The minimum atomic E-state index is -0.312. The van der Waals surface area contributed by atoms with E-state index in [4.69, 9.17) is 0 Å². The second kappa shape index (κ2) is 5.35. The summed E-state index contributed by atoms with van der Waals surface area (Å²) < 4.78 is 14.0. The van der Waals surface area contributed by atoms with E-state index in [2.05, 4.69) is 15.3 Å². The van der Waals surface area contributed by atoms with Crippen molar-refractivity contribution in [1.29, 1.82) is 0 Å². The topological polar surface area (TPSA) is 37.8 Å². The third-order valence-corrected chi connectivity index (χ3v) is 3.40. The van der Waals surface area contributed by atoms with Gasteiger partial charge in [0.2, 0.25) is 0 Å². The first-order valence-corrected chi connectivity index (χ1v) is 6.41. The van der Waals surface area contributed by atoms with Crippen molar-refractivity contribution in [3.63, 3.8) is 0 Å². The second-order valence-corrected chi connectivity index (χ2v) is 4.54. The Kier molecular flexibility index (Phi) is 3.39. The average Bonchev–Trinajstić information content (AvgIpc) is 2.50. The van der Waals surface area contributed by atoms with Crippen LogP contribution in [0.25, 0.3) is 10.9 Å². The van der Waals surface area contributed by atoms with E-state index in [1.54, 1.807) is 18.5 Å². The first-order valence-electron chi connectivity index (χ1n) is 6.41. The zero-order valence-electron chi connectivity index (χ0n) is 11.0. The summed E-state index contributed by atoms with van der Waals surface area (Å²) in [4.78, 5) is 8.14. The number of pyridine rings is 2. The fraction of sp³-hybridized carbons (Fsp3) is 0.125. The van der Waals surface area contributed by atoms with Crippen LogP contribution < -0.4 is 5.32 Å². The Morgan fingerprint density at radius 2 is 1.85 bits per heavy atom. The van der Waals surface area contributed by atoms with Gasteiger partial charge in [-0.25, -0.2) is 4.39 Å². The number of nitrogens with zero attached hydrogens (tertiary/aromatic N) is 2. The van der Waals surface area contributed by atoms with Crippen LogP contribution in [0.1, 0.15) is 17.2 Å². The Morgan fingerprint density at radius 1 is 1.05 bits per heavy atom. The predicted molar refractivity (Wildman–Crippen MR) is 76.8 cm³/mol. The lowest BCUT2D eigenvalue weighted by molar-refractivity contribution is 0.572. The van der Waals surface area contributed by atoms with Crippen LogP contribution in [0.3, 0.4) is 0 Å². The van der Waals surface area contributed by atoms with Crippen LogP contribution in [0.15, 0.2) is 55.0 Å². The Hall–Kier alpha value is -2.33. The molecule has 1 aromatic carbocycles. The van der Waals surface area contributed by atoms with E-state index in [1.807, 2.05) is 37.4 Å². The second-order valence-electron chi connectivity index (χ2n) is 4.54. The number of hydrogen-bond acceptors (Lipinski definition) is 3. The van der Waals surface area contributed by atoms with Gasteiger partial charge in [-0.05, 0) is 30.8 Å². The molecule has 0 aliphatic rings. The van der Waals surface area contributed by atoms with E-state index in [-0.39, 0.29) is 11.9 Å². The summed E-state index contributed by atoms with van der Waals surface area (Å²) in [6.07, 6.45) is 4.59. The first kappa shape index (κ1) is 12.7. The largest absolute Gasteiger partial charge is 0.309 e. The molecule has 1 atom stereocenters. The molecule has 2 aromatic heterocycles. The predicted octanol–water partition coefficient (Wildman–Crippen LogP) is 3.08. The Balaban J connectivity index is 2.20.